The molecule has 0 saturated heterocycles. The first-order chi connectivity index (χ1) is 7.38. The van der Waals surface area contributed by atoms with E-state index in [-0.39, 0.29) is 12.4 Å². The quantitative estimate of drug-likeness (QED) is 0.679. The minimum atomic E-state index is 0. The average Bonchev–Trinajstić information content (AvgIpc) is 2.30. The molecular formula is C14H24ClN. The Labute approximate surface area is 106 Å². The Balaban J connectivity index is 0.00000225. The largest absolute Gasteiger partial charge is 0.372 e. The summed E-state index contributed by atoms with van der Waals surface area (Å²) in [7, 11) is 0. The molecule has 0 N–H and O–H groups in total. The maximum absolute atomic E-state index is 2.51. The highest BCUT2D eigenvalue weighted by atomic mass is 35.5. The van der Waals surface area contributed by atoms with E-state index in [2.05, 4.69) is 49.1 Å². The van der Waals surface area contributed by atoms with Crippen LogP contribution in [0.1, 0.15) is 39.5 Å². The number of unbranched alkanes of at least 4 members (excludes halogenated alkanes) is 2. The van der Waals surface area contributed by atoms with Crippen LogP contribution in [0, 0.1) is 0 Å². The van der Waals surface area contributed by atoms with Gasteiger partial charge in [-0.25, -0.2) is 0 Å². The van der Waals surface area contributed by atoms with E-state index in [1.807, 2.05) is 0 Å². The maximum atomic E-state index is 2.51. The second kappa shape index (κ2) is 9.53. The van der Waals surface area contributed by atoms with Crippen LogP contribution in [0.5, 0.6) is 0 Å². The number of nitrogens with zero attached hydrogens (tertiary/aromatic N) is 1. The molecule has 16 heavy (non-hydrogen) atoms. The Bertz CT molecular complexity index is 240. The highest BCUT2D eigenvalue weighted by Crippen LogP contribution is 2.14. The molecule has 0 atom stereocenters. The highest BCUT2D eigenvalue weighted by molar-refractivity contribution is 5.85. The van der Waals surface area contributed by atoms with Crippen molar-refractivity contribution in [2.45, 2.75) is 39.5 Å². The standard InChI is InChI=1S/C14H23N.ClH/c1-3-5-12-15(13-6-4-2)14-10-8-7-9-11-14;/h7-11H,3-6,12-13H2,1-2H3;1H. The fraction of sp³-hybridized carbons (Fsp3) is 0.571. The normalized spacial score (nSPS) is 9.62. The second-order valence-electron chi connectivity index (χ2n) is 4.03. The number of para-hydroxylation sites is 1. The van der Waals surface area contributed by atoms with E-state index in [1.165, 1.54) is 44.5 Å². The molecular weight excluding hydrogens is 218 g/mol. The monoisotopic (exact) mass is 241 g/mol. The zero-order valence-electron chi connectivity index (χ0n) is 10.5. The lowest BCUT2D eigenvalue weighted by atomic mass is 10.2. The van der Waals surface area contributed by atoms with Crippen LogP contribution in [0.15, 0.2) is 30.3 Å². The molecule has 0 amide bonds. The van der Waals surface area contributed by atoms with Gasteiger partial charge in [0.15, 0.2) is 0 Å². The second-order valence-corrected chi connectivity index (χ2v) is 4.03. The van der Waals surface area contributed by atoms with E-state index in [0.717, 1.165) is 0 Å². The third-order valence-electron chi connectivity index (χ3n) is 2.68. The zero-order valence-corrected chi connectivity index (χ0v) is 11.3. The van der Waals surface area contributed by atoms with Crippen molar-refractivity contribution in [2.75, 3.05) is 18.0 Å². The van der Waals surface area contributed by atoms with Crippen molar-refractivity contribution in [2.24, 2.45) is 0 Å². The molecule has 0 fully saturated rings. The lowest BCUT2D eigenvalue weighted by Gasteiger charge is -2.24. The van der Waals surface area contributed by atoms with E-state index in [0.29, 0.717) is 0 Å². The molecule has 0 saturated carbocycles. The Morgan fingerprint density at radius 1 is 0.875 bits per heavy atom. The Morgan fingerprint density at radius 3 is 1.81 bits per heavy atom. The van der Waals surface area contributed by atoms with Crippen LogP contribution >= 0.6 is 12.4 Å². The number of anilines is 1. The van der Waals surface area contributed by atoms with Gasteiger partial charge in [-0.2, -0.15) is 0 Å². The van der Waals surface area contributed by atoms with E-state index in [4.69, 9.17) is 0 Å². The van der Waals surface area contributed by atoms with Crippen LogP contribution in [-0.4, -0.2) is 13.1 Å². The van der Waals surface area contributed by atoms with Gasteiger partial charge < -0.3 is 4.90 Å². The molecule has 0 spiro atoms. The number of halogens is 1. The first kappa shape index (κ1) is 15.3. The molecule has 0 heterocycles. The first-order valence-corrected chi connectivity index (χ1v) is 6.18. The Kier molecular flexibility index (Phi) is 9.12. The Hall–Kier alpha value is -0.690. The van der Waals surface area contributed by atoms with E-state index < -0.39 is 0 Å². The van der Waals surface area contributed by atoms with Crippen molar-refractivity contribution in [3.05, 3.63) is 30.3 Å². The number of rotatable bonds is 7. The van der Waals surface area contributed by atoms with Gasteiger partial charge in [0.25, 0.3) is 0 Å². The predicted molar refractivity (Wildman–Crippen MR) is 75.7 cm³/mol. The van der Waals surface area contributed by atoms with Crippen molar-refractivity contribution in [3.63, 3.8) is 0 Å². The number of hydrogen-bond acceptors (Lipinski definition) is 1. The molecule has 0 aliphatic carbocycles. The van der Waals surface area contributed by atoms with Crippen LogP contribution in [0.2, 0.25) is 0 Å². The molecule has 0 unspecified atom stereocenters. The minimum Gasteiger partial charge on any atom is -0.372 e. The van der Waals surface area contributed by atoms with Gasteiger partial charge in [0.1, 0.15) is 0 Å². The average molecular weight is 242 g/mol. The predicted octanol–water partition coefficient (Wildman–Crippen LogP) is 4.52. The van der Waals surface area contributed by atoms with Gasteiger partial charge in [-0.1, -0.05) is 44.9 Å². The van der Waals surface area contributed by atoms with Gasteiger partial charge in [0, 0.05) is 18.8 Å². The summed E-state index contributed by atoms with van der Waals surface area (Å²) < 4.78 is 0. The third-order valence-corrected chi connectivity index (χ3v) is 2.68. The zero-order chi connectivity index (χ0) is 10.9. The van der Waals surface area contributed by atoms with Crippen LogP contribution in [0.4, 0.5) is 5.69 Å². The molecule has 0 bridgehead atoms. The van der Waals surface area contributed by atoms with Crippen LogP contribution < -0.4 is 4.90 Å². The van der Waals surface area contributed by atoms with E-state index in [1.54, 1.807) is 0 Å². The lowest BCUT2D eigenvalue weighted by Crippen LogP contribution is -2.25. The fourth-order valence-corrected chi connectivity index (χ4v) is 1.71. The lowest BCUT2D eigenvalue weighted by molar-refractivity contribution is 0.678. The molecule has 1 nitrogen and oxygen atoms in total. The maximum Gasteiger partial charge on any atom is 0.0366 e. The van der Waals surface area contributed by atoms with Crippen LogP contribution in [0.25, 0.3) is 0 Å². The van der Waals surface area contributed by atoms with Crippen molar-refractivity contribution in [3.8, 4) is 0 Å². The smallest absolute Gasteiger partial charge is 0.0366 e. The molecule has 1 aromatic carbocycles. The summed E-state index contributed by atoms with van der Waals surface area (Å²) in [6.45, 7) is 6.90. The molecule has 1 aromatic rings. The summed E-state index contributed by atoms with van der Waals surface area (Å²) in [6.07, 6.45) is 5.13. The summed E-state index contributed by atoms with van der Waals surface area (Å²) >= 11 is 0. The molecule has 0 aromatic heterocycles. The van der Waals surface area contributed by atoms with Gasteiger partial charge in [0.05, 0.1) is 0 Å². The van der Waals surface area contributed by atoms with E-state index in [9.17, 15) is 0 Å². The summed E-state index contributed by atoms with van der Waals surface area (Å²) in [5.74, 6) is 0. The SMILES string of the molecule is CCCCN(CCCC)c1ccccc1.Cl. The van der Waals surface area contributed by atoms with Crippen LogP contribution in [0.3, 0.4) is 0 Å². The molecule has 0 aliphatic heterocycles. The molecule has 2 heteroatoms. The summed E-state index contributed by atoms with van der Waals surface area (Å²) in [6, 6.07) is 10.8. The molecule has 0 radical (unpaired) electrons. The summed E-state index contributed by atoms with van der Waals surface area (Å²) in [5.41, 5.74) is 1.37. The fourth-order valence-electron chi connectivity index (χ4n) is 1.71. The molecule has 92 valence electrons. The van der Waals surface area contributed by atoms with Gasteiger partial charge >= 0.3 is 0 Å². The molecule has 0 aliphatic rings. The summed E-state index contributed by atoms with van der Waals surface area (Å²) in [4.78, 5) is 2.51. The van der Waals surface area contributed by atoms with Crippen molar-refractivity contribution in [1.29, 1.82) is 0 Å². The Morgan fingerprint density at radius 2 is 1.38 bits per heavy atom. The number of benzene rings is 1. The van der Waals surface area contributed by atoms with Gasteiger partial charge in [0.2, 0.25) is 0 Å². The topological polar surface area (TPSA) is 3.24 Å². The third kappa shape index (κ3) is 5.41. The number of hydrogen-bond donors (Lipinski definition) is 0. The highest BCUT2D eigenvalue weighted by Gasteiger charge is 2.03. The van der Waals surface area contributed by atoms with Crippen molar-refractivity contribution in [1.82, 2.24) is 0 Å². The summed E-state index contributed by atoms with van der Waals surface area (Å²) in [5, 5.41) is 0. The van der Waals surface area contributed by atoms with Crippen LogP contribution in [-0.2, 0) is 0 Å². The van der Waals surface area contributed by atoms with Gasteiger partial charge in [-0.05, 0) is 25.0 Å². The minimum absolute atomic E-state index is 0. The van der Waals surface area contributed by atoms with Crippen molar-refractivity contribution >= 4 is 18.1 Å². The first-order valence-electron chi connectivity index (χ1n) is 6.18. The van der Waals surface area contributed by atoms with Gasteiger partial charge in [-0.3, -0.25) is 0 Å². The van der Waals surface area contributed by atoms with Gasteiger partial charge in [-0.15, -0.1) is 12.4 Å². The molecule has 1 rings (SSSR count). The van der Waals surface area contributed by atoms with Crippen molar-refractivity contribution < 1.29 is 0 Å². The van der Waals surface area contributed by atoms with E-state index >= 15 is 0 Å².